The van der Waals surface area contributed by atoms with Gasteiger partial charge in [0.15, 0.2) is 0 Å². The standard InChI is InChI=1S/C20H16ClN3O4/c1-24-19(20(27)12-3-6-14(21)7-4-12)16(11-23-24)15-10-22-17(28-2)9-13(15)5-8-18(25)26/h3-11H,1-2H3,(H,25,26)/b8-5+. The number of carboxylic acid groups (broad SMARTS) is 1. The fourth-order valence-electron chi connectivity index (χ4n) is 2.73. The van der Waals surface area contributed by atoms with Crippen molar-refractivity contribution in [2.24, 2.45) is 7.05 Å². The molecule has 0 aliphatic heterocycles. The Kier molecular flexibility index (Phi) is 5.56. The maximum Gasteiger partial charge on any atom is 0.328 e. The van der Waals surface area contributed by atoms with Crippen molar-refractivity contribution in [3.05, 3.63) is 70.6 Å². The van der Waals surface area contributed by atoms with Crippen LogP contribution in [0.5, 0.6) is 5.88 Å². The number of rotatable bonds is 6. The fourth-order valence-corrected chi connectivity index (χ4v) is 2.85. The third-order valence-electron chi connectivity index (χ3n) is 4.08. The van der Waals surface area contributed by atoms with E-state index in [0.717, 1.165) is 6.08 Å². The van der Waals surface area contributed by atoms with Crippen molar-refractivity contribution in [3.63, 3.8) is 0 Å². The molecule has 0 bridgehead atoms. The summed E-state index contributed by atoms with van der Waals surface area (Å²) >= 11 is 5.90. The zero-order chi connectivity index (χ0) is 20.3. The number of hydrogen-bond acceptors (Lipinski definition) is 5. The lowest BCUT2D eigenvalue weighted by Gasteiger charge is -2.10. The van der Waals surface area contributed by atoms with Crippen LogP contribution in [-0.2, 0) is 11.8 Å². The number of carboxylic acids is 1. The van der Waals surface area contributed by atoms with Gasteiger partial charge in [0, 0.05) is 47.1 Å². The van der Waals surface area contributed by atoms with Crippen LogP contribution in [0, 0.1) is 0 Å². The maximum absolute atomic E-state index is 13.1. The molecule has 0 atom stereocenters. The molecule has 0 fully saturated rings. The molecule has 0 amide bonds. The van der Waals surface area contributed by atoms with Crippen LogP contribution in [0.15, 0.2) is 48.8 Å². The highest BCUT2D eigenvalue weighted by atomic mass is 35.5. The van der Waals surface area contributed by atoms with Gasteiger partial charge in [0.25, 0.3) is 0 Å². The largest absolute Gasteiger partial charge is 0.481 e. The zero-order valence-corrected chi connectivity index (χ0v) is 15.8. The molecule has 3 rings (SSSR count). The van der Waals surface area contributed by atoms with Crippen LogP contribution >= 0.6 is 11.6 Å². The first kappa shape index (κ1) is 19.3. The highest BCUT2D eigenvalue weighted by Gasteiger charge is 2.21. The summed E-state index contributed by atoms with van der Waals surface area (Å²) in [6.45, 7) is 0. The molecule has 1 N–H and O–H groups in total. The predicted octanol–water partition coefficient (Wildman–Crippen LogP) is 3.47. The second kappa shape index (κ2) is 8.06. The van der Waals surface area contributed by atoms with Gasteiger partial charge >= 0.3 is 5.97 Å². The van der Waals surface area contributed by atoms with E-state index in [9.17, 15) is 9.59 Å². The van der Waals surface area contributed by atoms with Gasteiger partial charge in [-0.1, -0.05) is 11.6 Å². The van der Waals surface area contributed by atoms with Gasteiger partial charge in [0.1, 0.15) is 5.69 Å². The lowest BCUT2D eigenvalue weighted by Crippen LogP contribution is -2.10. The molecule has 0 saturated heterocycles. The topological polar surface area (TPSA) is 94.3 Å². The van der Waals surface area contributed by atoms with Crippen molar-refractivity contribution in [3.8, 4) is 17.0 Å². The molecule has 0 aliphatic carbocycles. The Bertz CT molecular complexity index is 1070. The quantitative estimate of drug-likeness (QED) is 0.505. The molecule has 0 radical (unpaired) electrons. The Labute approximate surface area is 165 Å². The van der Waals surface area contributed by atoms with Gasteiger partial charge in [-0.3, -0.25) is 9.48 Å². The van der Waals surface area contributed by atoms with Gasteiger partial charge in [0.05, 0.1) is 13.3 Å². The third kappa shape index (κ3) is 3.94. The highest BCUT2D eigenvalue weighted by molar-refractivity contribution is 6.30. The monoisotopic (exact) mass is 397 g/mol. The van der Waals surface area contributed by atoms with E-state index >= 15 is 0 Å². The van der Waals surface area contributed by atoms with Crippen molar-refractivity contribution in [2.45, 2.75) is 0 Å². The van der Waals surface area contributed by atoms with E-state index < -0.39 is 5.97 Å². The van der Waals surface area contributed by atoms with Crippen molar-refractivity contribution >= 4 is 29.4 Å². The first-order valence-corrected chi connectivity index (χ1v) is 8.56. The summed E-state index contributed by atoms with van der Waals surface area (Å²) < 4.78 is 6.60. The van der Waals surface area contributed by atoms with Crippen molar-refractivity contribution in [1.29, 1.82) is 0 Å². The number of nitrogens with zero attached hydrogens (tertiary/aromatic N) is 3. The minimum Gasteiger partial charge on any atom is -0.481 e. The maximum atomic E-state index is 13.1. The van der Waals surface area contributed by atoms with Crippen LogP contribution in [0.25, 0.3) is 17.2 Å². The minimum absolute atomic E-state index is 0.240. The van der Waals surface area contributed by atoms with E-state index in [2.05, 4.69) is 10.1 Å². The van der Waals surface area contributed by atoms with Crippen molar-refractivity contribution in [2.75, 3.05) is 7.11 Å². The SMILES string of the molecule is COc1cc(/C=C/C(=O)O)c(-c2cnn(C)c2C(=O)c2ccc(Cl)cc2)cn1. The van der Waals surface area contributed by atoms with Gasteiger partial charge < -0.3 is 9.84 Å². The number of ether oxygens (including phenoxy) is 1. The molecule has 0 saturated carbocycles. The number of aryl methyl sites for hydroxylation is 1. The summed E-state index contributed by atoms with van der Waals surface area (Å²) in [6.07, 6.45) is 5.50. The molecule has 28 heavy (non-hydrogen) atoms. The number of aromatic nitrogens is 3. The molecule has 2 aromatic heterocycles. The Hall–Kier alpha value is -3.45. The van der Waals surface area contributed by atoms with Crippen LogP contribution < -0.4 is 4.74 Å². The molecule has 7 nitrogen and oxygen atoms in total. The molecular formula is C20H16ClN3O4. The first-order valence-electron chi connectivity index (χ1n) is 8.18. The zero-order valence-electron chi connectivity index (χ0n) is 15.1. The third-order valence-corrected chi connectivity index (χ3v) is 4.33. The second-order valence-corrected chi connectivity index (χ2v) is 6.29. The molecule has 0 aliphatic rings. The number of halogens is 1. The molecule has 2 heterocycles. The van der Waals surface area contributed by atoms with E-state index in [0.29, 0.717) is 38.9 Å². The summed E-state index contributed by atoms with van der Waals surface area (Å²) in [6, 6.07) is 8.15. The number of hydrogen-bond donors (Lipinski definition) is 1. The molecule has 1 aromatic carbocycles. The Morgan fingerprint density at radius 3 is 2.54 bits per heavy atom. The van der Waals surface area contributed by atoms with Gasteiger partial charge in [-0.2, -0.15) is 5.10 Å². The number of methoxy groups -OCH3 is 1. The van der Waals surface area contributed by atoms with E-state index in [1.807, 2.05) is 0 Å². The Morgan fingerprint density at radius 2 is 1.89 bits per heavy atom. The van der Waals surface area contributed by atoms with E-state index in [1.54, 1.807) is 43.6 Å². The fraction of sp³-hybridized carbons (Fsp3) is 0.100. The molecule has 8 heteroatoms. The number of pyridine rings is 1. The van der Waals surface area contributed by atoms with E-state index in [1.165, 1.54) is 24.1 Å². The minimum atomic E-state index is -1.09. The summed E-state index contributed by atoms with van der Waals surface area (Å²) in [4.78, 5) is 28.2. The van der Waals surface area contributed by atoms with Crippen molar-refractivity contribution < 1.29 is 19.4 Å². The van der Waals surface area contributed by atoms with Gasteiger partial charge in [-0.15, -0.1) is 0 Å². The average molecular weight is 398 g/mol. The molecular weight excluding hydrogens is 382 g/mol. The lowest BCUT2D eigenvalue weighted by atomic mass is 9.98. The summed E-state index contributed by atoms with van der Waals surface area (Å²) in [7, 11) is 3.13. The number of carbonyl (C=O) groups is 2. The molecule has 0 unspecified atom stereocenters. The molecule has 0 spiro atoms. The normalized spacial score (nSPS) is 11.0. The van der Waals surface area contributed by atoms with E-state index in [-0.39, 0.29) is 5.78 Å². The number of ketones is 1. The van der Waals surface area contributed by atoms with Gasteiger partial charge in [-0.05, 0) is 35.9 Å². The molecule has 3 aromatic rings. The van der Waals surface area contributed by atoms with Gasteiger partial charge in [0.2, 0.25) is 11.7 Å². The van der Waals surface area contributed by atoms with Crippen LogP contribution in [0.2, 0.25) is 5.02 Å². The predicted molar refractivity (Wildman–Crippen MR) is 105 cm³/mol. The smallest absolute Gasteiger partial charge is 0.328 e. The van der Waals surface area contributed by atoms with Crippen LogP contribution in [0.1, 0.15) is 21.6 Å². The summed E-state index contributed by atoms with van der Waals surface area (Å²) in [5.41, 5.74) is 2.43. The number of carbonyl (C=O) groups excluding carboxylic acids is 1. The average Bonchev–Trinajstić information content (AvgIpc) is 3.07. The van der Waals surface area contributed by atoms with Crippen molar-refractivity contribution in [1.82, 2.24) is 14.8 Å². The summed E-state index contributed by atoms with van der Waals surface area (Å²) in [5.74, 6) is -1.01. The highest BCUT2D eigenvalue weighted by Crippen LogP contribution is 2.30. The Morgan fingerprint density at radius 1 is 1.18 bits per heavy atom. The van der Waals surface area contributed by atoms with Crippen LogP contribution in [0.4, 0.5) is 0 Å². The Balaban J connectivity index is 2.14. The lowest BCUT2D eigenvalue weighted by molar-refractivity contribution is -0.131. The number of benzene rings is 1. The number of aliphatic carboxylic acids is 1. The summed E-state index contributed by atoms with van der Waals surface area (Å²) in [5, 5.41) is 13.7. The first-order chi connectivity index (χ1) is 13.4. The second-order valence-electron chi connectivity index (χ2n) is 5.85. The molecule has 142 valence electrons. The van der Waals surface area contributed by atoms with Crippen LogP contribution in [0.3, 0.4) is 0 Å². The van der Waals surface area contributed by atoms with Crippen LogP contribution in [-0.4, -0.2) is 38.7 Å². The van der Waals surface area contributed by atoms with E-state index in [4.69, 9.17) is 21.4 Å². The van der Waals surface area contributed by atoms with Gasteiger partial charge in [-0.25, -0.2) is 9.78 Å².